The molecule has 0 aromatic rings. The van der Waals surface area contributed by atoms with E-state index < -0.39 is 0 Å². The van der Waals surface area contributed by atoms with Gasteiger partial charge in [0, 0.05) is 11.4 Å². The molecule has 2 rings (SSSR count). The lowest BCUT2D eigenvalue weighted by Gasteiger charge is -2.19. The Morgan fingerprint density at radius 1 is 1.73 bits per heavy atom. The minimum Gasteiger partial charge on any atom is -0.461 e. The Kier molecular flexibility index (Phi) is 3.53. The molecule has 2 heterocycles. The van der Waals surface area contributed by atoms with Crippen LogP contribution in [0.5, 0.6) is 0 Å². The third-order valence-corrected chi connectivity index (χ3v) is 3.70. The van der Waals surface area contributed by atoms with Crippen molar-refractivity contribution < 1.29 is 9.53 Å². The normalized spacial score (nSPS) is 29.8. The molecule has 2 aliphatic heterocycles. The van der Waals surface area contributed by atoms with E-state index >= 15 is 0 Å². The second-order valence-corrected chi connectivity index (χ2v) is 4.67. The van der Waals surface area contributed by atoms with Crippen molar-refractivity contribution in [2.75, 3.05) is 13.2 Å². The fourth-order valence-electron chi connectivity index (χ4n) is 1.84. The number of carbonyl (C=O) groups excluding carboxylic acids is 1. The van der Waals surface area contributed by atoms with Crippen molar-refractivity contribution in [1.82, 2.24) is 10.6 Å². The van der Waals surface area contributed by atoms with Crippen molar-refractivity contribution in [3.8, 4) is 0 Å². The predicted octanol–water partition coefficient (Wildman–Crippen LogP) is 0.805. The monoisotopic (exact) mass is 228 g/mol. The number of carbonyl (C=O) groups is 1. The molecule has 2 aliphatic rings. The van der Waals surface area contributed by atoms with E-state index in [0.29, 0.717) is 18.3 Å². The third kappa shape index (κ3) is 2.46. The van der Waals surface area contributed by atoms with Gasteiger partial charge in [0.15, 0.2) is 0 Å². The van der Waals surface area contributed by atoms with Crippen molar-refractivity contribution in [2.45, 2.75) is 31.2 Å². The van der Waals surface area contributed by atoms with Crippen LogP contribution in [0.1, 0.15) is 19.8 Å². The SMILES string of the molecule is CCOC(=O)C1=CS[C@@H]([C@@H]2CCCN2)N1. The van der Waals surface area contributed by atoms with Gasteiger partial charge < -0.3 is 15.4 Å². The summed E-state index contributed by atoms with van der Waals surface area (Å²) < 4.78 is 4.93. The maximum atomic E-state index is 11.4. The van der Waals surface area contributed by atoms with Crippen LogP contribution in [0, 0.1) is 0 Å². The first-order valence-corrected chi connectivity index (χ1v) is 6.28. The first-order chi connectivity index (χ1) is 7.31. The highest BCUT2D eigenvalue weighted by Gasteiger charge is 2.30. The third-order valence-electron chi connectivity index (χ3n) is 2.59. The van der Waals surface area contributed by atoms with Crippen LogP contribution < -0.4 is 10.6 Å². The van der Waals surface area contributed by atoms with Crippen LogP contribution in [0.2, 0.25) is 0 Å². The van der Waals surface area contributed by atoms with E-state index in [0.717, 1.165) is 6.54 Å². The molecule has 84 valence electrons. The molecule has 0 aromatic heterocycles. The maximum Gasteiger partial charge on any atom is 0.354 e. The first-order valence-electron chi connectivity index (χ1n) is 5.34. The summed E-state index contributed by atoms with van der Waals surface area (Å²) in [7, 11) is 0. The number of esters is 1. The highest BCUT2D eigenvalue weighted by molar-refractivity contribution is 8.03. The van der Waals surface area contributed by atoms with Crippen LogP contribution in [0.4, 0.5) is 0 Å². The summed E-state index contributed by atoms with van der Waals surface area (Å²) in [5.41, 5.74) is 0.598. The molecule has 0 aromatic carbocycles. The average molecular weight is 228 g/mol. The van der Waals surface area contributed by atoms with Gasteiger partial charge in [-0.05, 0) is 26.3 Å². The average Bonchev–Trinajstić information content (AvgIpc) is 2.89. The molecule has 2 atom stereocenters. The summed E-state index contributed by atoms with van der Waals surface area (Å²) >= 11 is 1.67. The highest BCUT2D eigenvalue weighted by atomic mass is 32.2. The fourth-order valence-corrected chi connectivity index (χ4v) is 2.91. The van der Waals surface area contributed by atoms with Gasteiger partial charge in [0.25, 0.3) is 0 Å². The van der Waals surface area contributed by atoms with Crippen molar-refractivity contribution in [3.05, 3.63) is 11.1 Å². The predicted molar refractivity (Wildman–Crippen MR) is 60.3 cm³/mol. The molecule has 0 saturated carbocycles. The Morgan fingerprint density at radius 2 is 2.60 bits per heavy atom. The van der Waals surface area contributed by atoms with Crippen molar-refractivity contribution in [2.24, 2.45) is 0 Å². The van der Waals surface area contributed by atoms with E-state index in [1.165, 1.54) is 12.8 Å². The zero-order valence-electron chi connectivity index (χ0n) is 8.79. The zero-order chi connectivity index (χ0) is 10.7. The lowest BCUT2D eigenvalue weighted by Crippen LogP contribution is -2.40. The molecular formula is C10H16N2O2S. The Labute approximate surface area is 93.8 Å². The molecular weight excluding hydrogens is 212 g/mol. The Bertz CT molecular complexity index is 275. The first kappa shape index (κ1) is 10.8. The van der Waals surface area contributed by atoms with E-state index in [1.54, 1.807) is 11.8 Å². The minimum absolute atomic E-state index is 0.245. The summed E-state index contributed by atoms with van der Waals surface area (Å²) in [6, 6.07) is 0.471. The zero-order valence-corrected chi connectivity index (χ0v) is 9.60. The van der Waals surface area contributed by atoms with Gasteiger partial charge in [-0.2, -0.15) is 0 Å². The van der Waals surface area contributed by atoms with Crippen LogP contribution >= 0.6 is 11.8 Å². The summed E-state index contributed by atoms with van der Waals surface area (Å²) in [5.74, 6) is -0.245. The number of rotatable bonds is 3. The van der Waals surface area contributed by atoms with Crippen molar-refractivity contribution in [1.29, 1.82) is 0 Å². The molecule has 5 heteroatoms. The molecule has 0 radical (unpaired) electrons. The molecule has 0 aliphatic carbocycles. The van der Waals surface area contributed by atoms with Gasteiger partial charge in [-0.25, -0.2) is 4.79 Å². The van der Waals surface area contributed by atoms with E-state index in [-0.39, 0.29) is 11.3 Å². The number of hydrogen-bond donors (Lipinski definition) is 2. The van der Waals surface area contributed by atoms with Gasteiger partial charge in [0.05, 0.1) is 12.0 Å². The van der Waals surface area contributed by atoms with Crippen LogP contribution in [0.25, 0.3) is 0 Å². The molecule has 15 heavy (non-hydrogen) atoms. The van der Waals surface area contributed by atoms with Gasteiger partial charge in [-0.1, -0.05) is 0 Å². The smallest absolute Gasteiger partial charge is 0.354 e. The van der Waals surface area contributed by atoms with Crippen LogP contribution in [0.3, 0.4) is 0 Å². The van der Waals surface area contributed by atoms with Gasteiger partial charge in [0.2, 0.25) is 0 Å². The van der Waals surface area contributed by atoms with Crippen LogP contribution in [-0.2, 0) is 9.53 Å². The lowest BCUT2D eigenvalue weighted by atomic mass is 10.2. The summed E-state index contributed by atoms with van der Waals surface area (Å²) in [4.78, 5) is 11.4. The summed E-state index contributed by atoms with van der Waals surface area (Å²) in [6.45, 7) is 3.32. The van der Waals surface area contributed by atoms with E-state index in [9.17, 15) is 4.79 Å². The number of ether oxygens (including phenoxy) is 1. The van der Waals surface area contributed by atoms with Gasteiger partial charge >= 0.3 is 5.97 Å². The molecule has 0 spiro atoms. The molecule has 0 amide bonds. The van der Waals surface area contributed by atoms with Crippen LogP contribution in [0.15, 0.2) is 11.1 Å². The molecule has 0 unspecified atom stereocenters. The standard InChI is InChI=1S/C10H16N2O2S/c1-2-14-10(13)8-6-15-9(12-8)7-4-3-5-11-7/h6-7,9,11-12H,2-5H2,1H3/t7-,9-/m0/s1. The largest absolute Gasteiger partial charge is 0.461 e. The molecule has 0 bridgehead atoms. The summed E-state index contributed by atoms with van der Waals surface area (Å²) in [6.07, 6.45) is 2.40. The van der Waals surface area contributed by atoms with Crippen molar-refractivity contribution >= 4 is 17.7 Å². The van der Waals surface area contributed by atoms with E-state index in [2.05, 4.69) is 10.6 Å². The van der Waals surface area contributed by atoms with Crippen LogP contribution in [-0.4, -0.2) is 30.5 Å². The highest BCUT2D eigenvalue weighted by Crippen LogP contribution is 2.27. The minimum atomic E-state index is -0.245. The van der Waals surface area contributed by atoms with E-state index in [4.69, 9.17) is 4.74 Å². The Morgan fingerprint density at radius 3 is 3.27 bits per heavy atom. The molecule has 4 nitrogen and oxygen atoms in total. The molecule has 1 saturated heterocycles. The maximum absolute atomic E-state index is 11.4. The lowest BCUT2D eigenvalue weighted by molar-refractivity contribution is -0.138. The fraction of sp³-hybridized carbons (Fsp3) is 0.700. The second kappa shape index (κ2) is 4.90. The van der Waals surface area contributed by atoms with Gasteiger partial charge in [-0.15, -0.1) is 11.8 Å². The number of nitrogens with one attached hydrogen (secondary N) is 2. The molecule has 2 N–H and O–H groups in total. The topological polar surface area (TPSA) is 50.4 Å². The van der Waals surface area contributed by atoms with Gasteiger partial charge in [-0.3, -0.25) is 0 Å². The molecule has 1 fully saturated rings. The van der Waals surface area contributed by atoms with Gasteiger partial charge in [0.1, 0.15) is 5.70 Å². The Balaban J connectivity index is 1.84. The van der Waals surface area contributed by atoms with E-state index in [1.807, 2.05) is 12.3 Å². The second-order valence-electron chi connectivity index (χ2n) is 3.66. The van der Waals surface area contributed by atoms with Crippen molar-refractivity contribution in [3.63, 3.8) is 0 Å². The summed E-state index contributed by atoms with van der Waals surface area (Å²) in [5, 5.41) is 8.77. The number of thioether (sulfide) groups is 1. The quantitative estimate of drug-likeness (QED) is 0.700. The number of hydrogen-bond acceptors (Lipinski definition) is 5. The Hall–Kier alpha value is -0.680.